The Morgan fingerprint density at radius 3 is 2.04 bits per heavy atom. The van der Waals surface area contributed by atoms with Crippen LogP contribution in [0.2, 0.25) is 0 Å². The maximum Gasteiger partial charge on any atom is 0.117 e. The number of rotatable bonds is 3. The Kier molecular flexibility index (Phi) is 4.19. The van der Waals surface area contributed by atoms with E-state index >= 15 is 0 Å². The molecule has 1 N–H and O–H groups in total. The van der Waals surface area contributed by atoms with Gasteiger partial charge in [0.1, 0.15) is 19.1 Å². The lowest BCUT2D eigenvalue weighted by atomic mass is 9.90. The number of aliphatic hydroxyl groups is 1. The predicted molar refractivity (Wildman–Crippen MR) is 116 cm³/mol. The number of nitrogens with zero attached hydrogens (tertiary/aromatic N) is 1. The molecule has 1 heterocycles. The number of benzene rings is 4. The van der Waals surface area contributed by atoms with Crippen molar-refractivity contribution in [1.82, 2.24) is 0 Å². The molecule has 0 aromatic heterocycles. The van der Waals surface area contributed by atoms with Gasteiger partial charge in [0.25, 0.3) is 0 Å². The first kappa shape index (κ1) is 17.4. The molecule has 2 heteroatoms. The van der Waals surface area contributed by atoms with E-state index in [1.807, 2.05) is 0 Å². The molecule has 4 aromatic rings. The molecule has 0 bridgehead atoms. The van der Waals surface area contributed by atoms with E-state index in [0.29, 0.717) is 0 Å². The van der Waals surface area contributed by atoms with E-state index in [1.54, 1.807) is 0 Å². The Bertz CT molecular complexity index is 1110. The molecular weight excluding hydrogens is 342 g/mol. The first-order valence-corrected chi connectivity index (χ1v) is 10.1. The highest BCUT2D eigenvalue weighted by molar-refractivity contribution is 6.02. The number of hydrogen-bond donors (Lipinski definition) is 1. The fourth-order valence-corrected chi connectivity index (χ4v) is 4.99. The van der Waals surface area contributed by atoms with Crippen LogP contribution < -0.4 is 0 Å². The quantitative estimate of drug-likeness (QED) is 0.396. The predicted octanol–water partition coefficient (Wildman–Crippen LogP) is 5.06. The lowest BCUT2D eigenvalue weighted by Gasteiger charge is -2.45. The average Bonchev–Trinajstić information content (AvgIpc) is 2.73. The van der Waals surface area contributed by atoms with Gasteiger partial charge in [-0.1, -0.05) is 72.8 Å². The van der Waals surface area contributed by atoms with Crippen molar-refractivity contribution in [2.45, 2.75) is 25.6 Å². The van der Waals surface area contributed by atoms with Crippen molar-refractivity contribution >= 4 is 21.5 Å². The first-order chi connectivity index (χ1) is 13.7. The van der Waals surface area contributed by atoms with Crippen molar-refractivity contribution in [1.29, 1.82) is 0 Å². The Morgan fingerprint density at radius 2 is 1.39 bits per heavy atom. The van der Waals surface area contributed by atoms with Crippen LogP contribution in [0.3, 0.4) is 0 Å². The van der Waals surface area contributed by atoms with Gasteiger partial charge in [-0.2, -0.15) is 0 Å². The first-order valence-electron chi connectivity index (χ1n) is 10.1. The van der Waals surface area contributed by atoms with Crippen LogP contribution in [0.4, 0.5) is 0 Å². The van der Waals surface area contributed by atoms with Gasteiger partial charge < -0.3 is 9.59 Å². The highest BCUT2D eigenvalue weighted by atomic mass is 16.3. The highest BCUT2D eigenvalue weighted by Crippen LogP contribution is 2.35. The molecule has 5 rings (SSSR count). The molecular formula is C26H26NO+. The van der Waals surface area contributed by atoms with Gasteiger partial charge >= 0.3 is 0 Å². The van der Waals surface area contributed by atoms with Crippen molar-refractivity contribution in [2.24, 2.45) is 0 Å². The van der Waals surface area contributed by atoms with Gasteiger partial charge in [0, 0.05) is 17.5 Å². The normalized spacial score (nSPS) is 21.7. The third-order valence-electron chi connectivity index (χ3n) is 6.60. The summed E-state index contributed by atoms with van der Waals surface area (Å²) in [5.41, 5.74) is 4.20. The van der Waals surface area contributed by atoms with Crippen LogP contribution >= 0.6 is 0 Å². The minimum absolute atomic E-state index is 0.215. The van der Waals surface area contributed by atoms with Crippen molar-refractivity contribution in [2.75, 3.05) is 13.7 Å². The molecule has 0 saturated carbocycles. The molecule has 0 unspecified atom stereocenters. The molecule has 28 heavy (non-hydrogen) atoms. The van der Waals surface area contributed by atoms with Crippen LogP contribution in [0.5, 0.6) is 0 Å². The average molecular weight is 369 g/mol. The number of fused-ring (bicyclic) bond motifs is 3. The molecule has 4 aromatic carbocycles. The second-order valence-electron chi connectivity index (χ2n) is 8.40. The lowest BCUT2D eigenvalue weighted by molar-refractivity contribution is -0.960. The van der Waals surface area contributed by atoms with E-state index < -0.39 is 0 Å². The van der Waals surface area contributed by atoms with Crippen molar-refractivity contribution in [3.05, 3.63) is 95.6 Å². The zero-order valence-corrected chi connectivity index (χ0v) is 16.3. The summed E-state index contributed by atoms with van der Waals surface area (Å²) in [7, 11) is 2.31. The molecule has 2 atom stereocenters. The van der Waals surface area contributed by atoms with Gasteiger partial charge in [0.15, 0.2) is 0 Å². The van der Waals surface area contributed by atoms with Gasteiger partial charge in [-0.05, 0) is 33.2 Å². The van der Waals surface area contributed by atoms with Crippen LogP contribution in [-0.4, -0.2) is 29.3 Å². The summed E-state index contributed by atoms with van der Waals surface area (Å²) in [6, 6.07) is 28.6. The minimum atomic E-state index is 0.215. The van der Waals surface area contributed by atoms with Gasteiger partial charge in [-0.3, -0.25) is 0 Å². The Balaban J connectivity index is 1.68. The van der Waals surface area contributed by atoms with E-state index in [4.69, 9.17) is 0 Å². The van der Waals surface area contributed by atoms with Gasteiger partial charge in [-0.25, -0.2) is 0 Å². The molecule has 0 spiro atoms. The monoisotopic (exact) mass is 368 g/mol. The second-order valence-corrected chi connectivity index (χ2v) is 8.40. The standard InChI is InChI=1S/C26H26NO/c1-27(16-22-11-3-2-8-19(22)15-23(27)18-28)17-26-24-12-6-4-9-20(24)14-21-10-5-7-13-25(21)26/h2-14,23,28H,15-18H2,1H3/q+1/t23-,27-/m0/s1. The smallest absolute Gasteiger partial charge is 0.117 e. The SMILES string of the molecule is C[N@@+]1(Cc2c3ccccc3cc3ccccc23)Cc2ccccc2C[C@H]1CO. The molecule has 0 radical (unpaired) electrons. The molecule has 140 valence electrons. The molecule has 0 fully saturated rings. The lowest BCUT2D eigenvalue weighted by Crippen LogP contribution is -2.56. The third-order valence-corrected chi connectivity index (χ3v) is 6.60. The van der Waals surface area contributed by atoms with E-state index in [2.05, 4.69) is 85.9 Å². The summed E-state index contributed by atoms with van der Waals surface area (Å²) < 4.78 is 0.839. The van der Waals surface area contributed by atoms with Crippen molar-refractivity contribution < 1.29 is 9.59 Å². The van der Waals surface area contributed by atoms with E-state index in [-0.39, 0.29) is 12.6 Å². The minimum Gasteiger partial charge on any atom is -0.390 e. The summed E-state index contributed by atoms with van der Waals surface area (Å²) in [4.78, 5) is 0. The summed E-state index contributed by atoms with van der Waals surface area (Å²) in [5, 5.41) is 15.5. The zero-order chi connectivity index (χ0) is 19.1. The van der Waals surface area contributed by atoms with Gasteiger partial charge in [0.2, 0.25) is 0 Å². The Morgan fingerprint density at radius 1 is 0.821 bits per heavy atom. The fourth-order valence-electron chi connectivity index (χ4n) is 4.99. The largest absolute Gasteiger partial charge is 0.390 e. The molecule has 0 aliphatic carbocycles. The van der Waals surface area contributed by atoms with Crippen LogP contribution in [0.15, 0.2) is 78.9 Å². The fraction of sp³-hybridized carbons (Fsp3) is 0.231. The molecule has 0 amide bonds. The van der Waals surface area contributed by atoms with E-state index in [1.165, 1.54) is 38.2 Å². The van der Waals surface area contributed by atoms with Gasteiger partial charge in [0.05, 0.1) is 13.7 Å². The second kappa shape index (κ2) is 6.73. The van der Waals surface area contributed by atoms with Crippen molar-refractivity contribution in [3.8, 4) is 0 Å². The maximum absolute atomic E-state index is 10.2. The maximum atomic E-state index is 10.2. The molecule has 1 aliphatic heterocycles. The third kappa shape index (κ3) is 2.81. The van der Waals surface area contributed by atoms with Crippen LogP contribution in [0, 0.1) is 0 Å². The highest BCUT2D eigenvalue weighted by Gasteiger charge is 2.38. The van der Waals surface area contributed by atoms with Gasteiger partial charge in [-0.15, -0.1) is 0 Å². The number of likely N-dealkylation sites (N-methyl/N-ethyl adjacent to an activating group) is 1. The summed E-state index contributed by atoms with van der Waals surface area (Å²) >= 11 is 0. The zero-order valence-electron chi connectivity index (χ0n) is 16.3. The van der Waals surface area contributed by atoms with Crippen LogP contribution in [0.25, 0.3) is 21.5 Å². The number of aliphatic hydroxyl groups excluding tert-OH is 1. The Hall–Kier alpha value is -2.68. The number of quaternary nitrogens is 1. The van der Waals surface area contributed by atoms with E-state index in [9.17, 15) is 5.11 Å². The van der Waals surface area contributed by atoms with E-state index in [0.717, 1.165) is 24.0 Å². The topological polar surface area (TPSA) is 20.2 Å². The molecule has 0 saturated heterocycles. The summed E-state index contributed by atoms with van der Waals surface area (Å²) in [6.45, 7) is 2.09. The molecule has 2 nitrogen and oxygen atoms in total. The van der Waals surface area contributed by atoms with Crippen LogP contribution in [-0.2, 0) is 19.5 Å². The summed E-state index contributed by atoms with van der Waals surface area (Å²) in [6.07, 6.45) is 0.936. The molecule has 1 aliphatic rings. The number of hydrogen-bond acceptors (Lipinski definition) is 1. The van der Waals surface area contributed by atoms with Crippen LogP contribution in [0.1, 0.15) is 16.7 Å². The van der Waals surface area contributed by atoms with Crippen molar-refractivity contribution in [3.63, 3.8) is 0 Å². The summed E-state index contributed by atoms with van der Waals surface area (Å²) in [5.74, 6) is 0. The Labute approximate surface area is 166 Å².